The van der Waals surface area contributed by atoms with E-state index in [1.165, 1.54) is 0 Å². The SMILES string of the molecule is CCCCN1C(=O)C(C(O)CCC)=CC1=C(Br)Br. The maximum Gasteiger partial charge on any atom is 0.256 e. The summed E-state index contributed by atoms with van der Waals surface area (Å²) < 4.78 is 0.748. The zero-order valence-electron chi connectivity index (χ0n) is 10.7. The van der Waals surface area contributed by atoms with Crippen molar-refractivity contribution in [2.75, 3.05) is 6.54 Å². The summed E-state index contributed by atoms with van der Waals surface area (Å²) in [6.07, 6.45) is 4.57. The van der Waals surface area contributed by atoms with E-state index in [4.69, 9.17) is 0 Å². The lowest BCUT2D eigenvalue weighted by molar-refractivity contribution is -0.125. The summed E-state index contributed by atoms with van der Waals surface area (Å²) in [5, 5.41) is 9.99. The fraction of sp³-hybridized carbons (Fsp3) is 0.615. The molecular formula is C13H19Br2NO2. The quantitative estimate of drug-likeness (QED) is 0.763. The lowest BCUT2D eigenvalue weighted by Gasteiger charge is -2.19. The van der Waals surface area contributed by atoms with E-state index < -0.39 is 6.10 Å². The summed E-state index contributed by atoms with van der Waals surface area (Å²) in [6, 6.07) is 0. The van der Waals surface area contributed by atoms with Crippen LogP contribution in [0.3, 0.4) is 0 Å². The molecule has 0 aromatic carbocycles. The molecule has 0 radical (unpaired) electrons. The molecule has 5 heteroatoms. The number of hydrogen-bond donors (Lipinski definition) is 1. The predicted octanol–water partition coefficient (Wildman–Crippen LogP) is 3.68. The molecule has 0 saturated heterocycles. The summed E-state index contributed by atoms with van der Waals surface area (Å²) in [5.41, 5.74) is 1.30. The van der Waals surface area contributed by atoms with E-state index in [-0.39, 0.29) is 5.91 Å². The maximum atomic E-state index is 12.3. The third-order valence-electron chi connectivity index (χ3n) is 2.93. The number of rotatable bonds is 6. The van der Waals surface area contributed by atoms with Gasteiger partial charge in [0.1, 0.15) is 0 Å². The van der Waals surface area contributed by atoms with Gasteiger partial charge in [0.25, 0.3) is 5.91 Å². The third-order valence-corrected chi connectivity index (χ3v) is 3.74. The smallest absolute Gasteiger partial charge is 0.256 e. The van der Waals surface area contributed by atoms with Gasteiger partial charge in [-0.3, -0.25) is 4.79 Å². The molecule has 0 aliphatic carbocycles. The molecule has 0 saturated carbocycles. The van der Waals surface area contributed by atoms with Crippen LogP contribution in [0.15, 0.2) is 20.7 Å². The lowest BCUT2D eigenvalue weighted by atomic mass is 10.1. The minimum Gasteiger partial charge on any atom is -0.388 e. The number of amides is 1. The second-order valence-corrected chi connectivity index (χ2v) is 7.01. The van der Waals surface area contributed by atoms with Crippen LogP contribution in [-0.2, 0) is 4.79 Å². The number of carbonyl (C=O) groups is 1. The first-order valence-corrected chi connectivity index (χ1v) is 7.88. The van der Waals surface area contributed by atoms with Gasteiger partial charge < -0.3 is 10.0 Å². The normalized spacial score (nSPS) is 17.2. The van der Waals surface area contributed by atoms with Crippen LogP contribution in [-0.4, -0.2) is 28.6 Å². The van der Waals surface area contributed by atoms with Gasteiger partial charge in [0.05, 0.1) is 15.2 Å². The standard InChI is InChI=1S/C13H19Br2NO2/c1-3-5-7-16-10(12(14)15)8-9(13(16)18)11(17)6-4-2/h8,11,17H,3-7H2,1-2H3. The second kappa shape index (κ2) is 7.46. The summed E-state index contributed by atoms with van der Waals surface area (Å²) in [5.74, 6) is -0.0733. The van der Waals surface area contributed by atoms with Gasteiger partial charge in [-0.05, 0) is 50.8 Å². The van der Waals surface area contributed by atoms with Gasteiger partial charge in [-0.1, -0.05) is 26.7 Å². The molecule has 0 aromatic rings. The predicted molar refractivity (Wildman–Crippen MR) is 80.5 cm³/mol. The van der Waals surface area contributed by atoms with Crippen LogP contribution in [0.2, 0.25) is 0 Å². The van der Waals surface area contributed by atoms with Crippen molar-refractivity contribution in [1.29, 1.82) is 0 Å². The Bertz CT molecular complexity index is 373. The Kier molecular flexibility index (Phi) is 6.60. The molecule has 0 spiro atoms. The van der Waals surface area contributed by atoms with Gasteiger partial charge in [0.2, 0.25) is 0 Å². The van der Waals surface area contributed by atoms with E-state index in [1.54, 1.807) is 11.0 Å². The number of hydrogen-bond acceptors (Lipinski definition) is 2. The highest BCUT2D eigenvalue weighted by molar-refractivity contribution is 9.28. The molecule has 0 aromatic heterocycles. The van der Waals surface area contributed by atoms with Crippen molar-refractivity contribution < 1.29 is 9.90 Å². The van der Waals surface area contributed by atoms with Gasteiger partial charge in [-0.2, -0.15) is 0 Å². The average molecular weight is 381 g/mol. The van der Waals surface area contributed by atoms with Crippen LogP contribution in [0.1, 0.15) is 39.5 Å². The maximum absolute atomic E-state index is 12.3. The lowest BCUT2D eigenvalue weighted by Crippen LogP contribution is -2.30. The Hall–Kier alpha value is -0.130. The van der Waals surface area contributed by atoms with Crippen LogP contribution in [0.4, 0.5) is 0 Å². The highest BCUT2D eigenvalue weighted by Gasteiger charge is 2.32. The molecule has 0 bridgehead atoms. The van der Waals surface area contributed by atoms with Crippen molar-refractivity contribution in [1.82, 2.24) is 4.90 Å². The van der Waals surface area contributed by atoms with Gasteiger partial charge in [-0.15, -0.1) is 0 Å². The number of aliphatic hydroxyl groups is 1. The Morgan fingerprint density at radius 1 is 1.39 bits per heavy atom. The molecule has 3 nitrogen and oxygen atoms in total. The zero-order valence-corrected chi connectivity index (χ0v) is 13.9. The number of aliphatic hydroxyl groups excluding tert-OH is 1. The molecule has 1 unspecified atom stereocenters. The molecule has 18 heavy (non-hydrogen) atoms. The van der Waals surface area contributed by atoms with E-state index in [2.05, 4.69) is 38.8 Å². The Labute approximate surface area is 125 Å². The number of allylic oxidation sites excluding steroid dienone is 1. The first-order chi connectivity index (χ1) is 8.52. The van der Waals surface area contributed by atoms with Crippen molar-refractivity contribution in [3.63, 3.8) is 0 Å². The van der Waals surface area contributed by atoms with Crippen LogP contribution in [0, 0.1) is 0 Å². The highest BCUT2D eigenvalue weighted by atomic mass is 79.9. The third kappa shape index (κ3) is 3.68. The number of halogens is 2. The van der Waals surface area contributed by atoms with Crippen LogP contribution in [0.5, 0.6) is 0 Å². The van der Waals surface area contributed by atoms with E-state index in [9.17, 15) is 9.90 Å². The number of nitrogens with zero attached hydrogens (tertiary/aromatic N) is 1. The van der Waals surface area contributed by atoms with Crippen LogP contribution in [0.25, 0.3) is 0 Å². The molecular weight excluding hydrogens is 362 g/mol. The van der Waals surface area contributed by atoms with Gasteiger partial charge in [0.15, 0.2) is 0 Å². The van der Waals surface area contributed by atoms with Crippen molar-refractivity contribution >= 4 is 37.8 Å². The molecule has 1 heterocycles. The minimum absolute atomic E-state index is 0.0733. The van der Waals surface area contributed by atoms with Gasteiger partial charge in [-0.25, -0.2) is 0 Å². The first kappa shape index (κ1) is 15.9. The summed E-state index contributed by atoms with van der Waals surface area (Å²) in [6.45, 7) is 4.77. The van der Waals surface area contributed by atoms with Gasteiger partial charge in [0, 0.05) is 12.1 Å². The van der Waals surface area contributed by atoms with E-state index in [0.29, 0.717) is 18.5 Å². The molecule has 1 amide bonds. The second-order valence-electron chi connectivity index (χ2n) is 4.36. The molecule has 102 valence electrons. The summed E-state index contributed by atoms with van der Waals surface area (Å²) >= 11 is 6.71. The first-order valence-electron chi connectivity index (χ1n) is 6.29. The van der Waals surface area contributed by atoms with Crippen LogP contribution >= 0.6 is 31.9 Å². The molecule has 1 atom stereocenters. The Morgan fingerprint density at radius 2 is 2.06 bits per heavy atom. The summed E-state index contributed by atoms with van der Waals surface area (Å²) in [7, 11) is 0. The monoisotopic (exact) mass is 379 g/mol. The minimum atomic E-state index is -0.663. The fourth-order valence-electron chi connectivity index (χ4n) is 1.91. The summed E-state index contributed by atoms with van der Waals surface area (Å²) in [4.78, 5) is 14.0. The molecule has 1 aliphatic heterocycles. The zero-order chi connectivity index (χ0) is 13.7. The van der Waals surface area contributed by atoms with Crippen molar-refractivity contribution in [2.45, 2.75) is 45.6 Å². The Balaban J connectivity index is 2.93. The fourth-order valence-corrected chi connectivity index (χ4v) is 2.57. The molecule has 1 aliphatic rings. The number of carbonyl (C=O) groups excluding carboxylic acids is 1. The highest BCUT2D eigenvalue weighted by Crippen LogP contribution is 2.32. The van der Waals surface area contributed by atoms with Gasteiger partial charge >= 0.3 is 0 Å². The van der Waals surface area contributed by atoms with Crippen molar-refractivity contribution in [2.24, 2.45) is 0 Å². The molecule has 0 fully saturated rings. The topological polar surface area (TPSA) is 40.5 Å². The largest absolute Gasteiger partial charge is 0.388 e. The van der Waals surface area contributed by atoms with Crippen molar-refractivity contribution in [3.8, 4) is 0 Å². The van der Waals surface area contributed by atoms with E-state index in [1.807, 2.05) is 6.92 Å². The van der Waals surface area contributed by atoms with E-state index in [0.717, 1.165) is 28.4 Å². The van der Waals surface area contributed by atoms with E-state index >= 15 is 0 Å². The Morgan fingerprint density at radius 3 is 2.56 bits per heavy atom. The number of unbranched alkanes of at least 4 members (excludes halogenated alkanes) is 1. The average Bonchev–Trinajstić information content (AvgIpc) is 2.64. The van der Waals surface area contributed by atoms with Crippen LogP contribution < -0.4 is 0 Å². The molecule has 1 rings (SSSR count). The van der Waals surface area contributed by atoms with Crippen molar-refractivity contribution in [3.05, 3.63) is 20.7 Å². The molecule has 1 N–H and O–H groups in total.